The highest BCUT2D eigenvalue weighted by atomic mass is 19.1. The highest BCUT2D eigenvalue weighted by Gasteiger charge is 2.31. The first-order valence-electron chi connectivity index (χ1n) is 9.07. The Morgan fingerprint density at radius 1 is 1.24 bits per heavy atom. The number of nitrogens with one attached hydrogen (secondary N) is 3. The normalized spacial score (nSPS) is 25.2. The summed E-state index contributed by atoms with van der Waals surface area (Å²) in [4.78, 5) is 17.1. The Labute approximate surface area is 148 Å². The van der Waals surface area contributed by atoms with E-state index in [1.54, 1.807) is 12.1 Å². The molecule has 1 aromatic rings. The number of halogens is 1. The summed E-state index contributed by atoms with van der Waals surface area (Å²) < 4.78 is 13.8. The number of hydrogen-bond donors (Lipinski definition) is 3. The maximum atomic E-state index is 13.8. The number of likely N-dealkylation sites (N-methyl/N-ethyl adjacent to an activating group) is 1. The first-order valence-corrected chi connectivity index (χ1v) is 9.07. The molecule has 0 radical (unpaired) electrons. The Morgan fingerprint density at radius 2 is 2.00 bits per heavy atom. The fraction of sp³-hybridized carbons (Fsp3) is 0.611. The molecule has 0 bridgehead atoms. The summed E-state index contributed by atoms with van der Waals surface area (Å²) in [6.45, 7) is 6.12. The molecule has 2 aliphatic heterocycles. The lowest BCUT2D eigenvalue weighted by molar-refractivity contribution is -0.122. The molecular weight excluding hydrogens is 321 g/mol. The lowest BCUT2D eigenvalue weighted by Gasteiger charge is -2.32. The van der Waals surface area contributed by atoms with Crippen molar-refractivity contribution in [2.24, 2.45) is 0 Å². The average Bonchev–Trinajstić information content (AvgIpc) is 3.10. The Hall–Kier alpha value is -1.54. The Balaban J connectivity index is 1.36. The zero-order chi connectivity index (χ0) is 17.6. The first kappa shape index (κ1) is 18.3. The number of nitrogens with zero attached hydrogens (tertiary/aromatic N) is 2. The number of rotatable bonds is 6. The van der Waals surface area contributed by atoms with Crippen LogP contribution in [0.2, 0.25) is 0 Å². The lowest BCUT2D eigenvalue weighted by Crippen LogP contribution is -2.46. The smallest absolute Gasteiger partial charge is 0.238 e. The molecule has 0 saturated carbocycles. The second kappa shape index (κ2) is 8.71. The Kier molecular flexibility index (Phi) is 6.36. The van der Waals surface area contributed by atoms with Gasteiger partial charge in [0.25, 0.3) is 0 Å². The van der Waals surface area contributed by atoms with E-state index >= 15 is 0 Å². The van der Waals surface area contributed by atoms with Gasteiger partial charge in [0, 0.05) is 38.3 Å². The van der Waals surface area contributed by atoms with Crippen LogP contribution in [0.25, 0.3) is 0 Å². The monoisotopic (exact) mass is 349 g/mol. The molecule has 2 heterocycles. The van der Waals surface area contributed by atoms with Gasteiger partial charge in [0.1, 0.15) is 11.9 Å². The molecule has 6 nitrogen and oxygen atoms in total. The van der Waals surface area contributed by atoms with Gasteiger partial charge in [0.05, 0.1) is 6.04 Å². The highest BCUT2D eigenvalue weighted by molar-refractivity contribution is 5.82. The van der Waals surface area contributed by atoms with Crippen molar-refractivity contribution >= 4 is 5.91 Å². The average molecular weight is 349 g/mol. The molecule has 7 heteroatoms. The van der Waals surface area contributed by atoms with Crippen LogP contribution in [0.1, 0.15) is 24.4 Å². The van der Waals surface area contributed by atoms with E-state index in [0.29, 0.717) is 18.5 Å². The van der Waals surface area contributed by atoms with Gasteiger partial charge in [0.15, 0.2) is 0 Å². The van der Waals surface area contributed by atoms with Crippen LogP contribution in [-0.4, -0.2) is 68.1 Å². The fourth-order valence-corrected chi connectivity index (χ4v) is 3.40. The van der Waals surface area contributed by atoms with E-state index in [1.165, 1.54) is 6.07 Å². The summed E-state index contributed by atoms with van der Waals surface area (Å²) in [6.07, 6.45) is 1.50. The van der Waals surface area contributed by atoms with Crippen molar-refractivity contribution < 1.29 is 9.18 Å². The molecule has 2 fully saturated rings. The minimum Gasteiger partial charge on any atom is -0.355 e. The van der Waals surface area contributed by atoms with Crippen LogP contribution in [0, 0.1) is 5.82 Å². The SMILES string of the molecule is CN1CCN(CCCNC(=O)C2CC(c3ccccc3F)NN2)CC1. The van der Waals surface area contributed by atoms with Crippen molar-refractivity contribution in [2.45, 2.75) is 24.9 Å². The van der Waals surface area contributed by atoms with Gasteiger partial charge in [-0.1, -0.05) is 18.2 Å². The number of carbonyl (C=O) groups excluding carboxylic acids is 1. The van der Waals surface area contributed by atoms with Gasteiger partial charge in [-0.3, -0.25) is 4.79 Å². The van der Waals surface area contributed by atoms with Crippen LogP contribution in [0.5, 0.6) is 0 Å². The third-order valence-electron chi connectivity index (χ3n) is 5.05. The van der Waals surface area contributed by atoms with Crippen molar-refractivity contribution in [3.63, 3.8) is 0 Å². The third kappa shape index (κ3) is 4.98. The summed E-state index contributed by atoms with van der Waals surface area (Å²) >= 11 is 0. The molecule has 3 N–H and O–H groups in total. The number of carbonyl (C=O) groups is 1. The van der Waals surface area contributed by atoms with E-state index in [9.17, 15) is 9.18 Å². The molecule has 2 aliphatic rings. The topological polar surface area (TPSA) is 59.6 Å². The predicted octanol–water partition coefficient (Wildman–Crippen LogP) is 0.487. The van der Waals surface area contributed by atoms with E-state index in [0.717, 1.165) is 39.1 Å². The van der Waals surface area contributed by atoms with Crippen LogP contribution >= 0.6 is 0 Å². The van der Waals surface area contributed by atoms with E-state index in [-0.39, 0.29) is 23.8 Å². The molecule has 1 aromatic carbocycles. The second-order valence-corrected chi connectivity index (χ2v) is 6.94. The van der Waals surface area contributed by atoms with Crippen molar-refractivity contribution in [1.82, 2.24) is 26.0 Å². The quantitative estimate of drug-likeness (QED) is 0.653. The van der Waals surface area contributed by atoms with Gasteiger partial charge in [0.2, 0.25) is 5.91 Å². The summed E-state index contributed by atoms with van der Waals surface area (Å²) in [5.74, 6) is -0.264. The van der Waals surface area contributed by atoms with Crippen LogP contribution in [0.3, 0.4) is 0 Å². The van der Waals surface area contributed by atoms with Crippen LogP contribution in [0.4, 0.5) is 4.39 Å². The van der Waals surface area contributed by atoms with Gasteiger partial charge >= 0.3 is 0 Å². The Bertz CT molecular complexity index is 576. The van der Waals surface area contributed by atoms with Gasteiger partial charge < -0.3 is 15.1 Å². The molecule has 2 unspecified atom stereocenters. The lowest BCUT2D eigenvalue weighted by atomic mass is 10.0. The van der Waals surface area contributed by atoms with E-state index < -0.39 is 0 Å². The molecular formula is C18H28FN5O. The van der Waals surface area contributed by atoms with Crippen LogP contribution < -0.4 is 16.2 Å². The molecule has 2 atom stereocenters. The number of benzene rings is 1. The van der Waals surface area contributed by atoms with E-state index in [2.05, 4.69) is 33.0 Å². The summed E-state index contributed by atoms with van der Waals surface area (Å²) in [5, 5.41) is 2.99. The zero-order valence-corrected chi connectivity index (χ0v) is 14.8. The van der Waals surface area contributed by atoms with Crippen LogP contribution in [0.15, 0.2) is 24.3 Å². The molecule has 0 aromatic heterocycles. The van der Waals surface area contributed by atoms with E-state index in [1.807, 2.05) is 6.07 Å². The number of hydrogen-bond acceptors (Lipinski definition) is 5. The second-order valence-electron chi connectivity index (χ2n) is 6.94. The van der Waals surface area contributed by atoms with Crippen molar-refractivity contribution in [1.29, 1.82) is 0 Å². The zero-order valence-electron chi connectivity index (χ0n) is 14.8. The van der Waals surface area contributed by atoms with Crippen LogP contribution in [-0.2, 0) is 4.79 Å². The number of hydrazine groups is 1. The first-order chi connectivity index (χ1) is 12.1. The number of piperazine rings is 1. The van der Waals surface area contributed by atoms with Gasteiger partial charge in [-0.15, -0.1) is 0 Å². The maximum absolute atomic E-state index is 13.8. The molecule has 0 spiro atoms. The maximum Gasteiger partial charge on any atom is 0.238 e. The summed E-state index contributed by atoms with van der Waals surface area (Å²) in [5.41, 5.74) is 6.61. The van der Waals surface area contributed by atoms with E-state index in [4.69, 9.17) is 0 Å². The molecule has 138 valence electrons. The predicted molar refractivity (Wildman–Crippen MR) is 95.4 cm³/mol. The molecule has 1 amide bonds. The summed E-state index contributed by atoms with van der Waals surface area (Å²) in [7, 11) is 2.15. The summed E-state index contributed by atoms with van der Waals surface area (Å²) in [6, 6.07) is 6.18. The fourth-order valence-electron chi connectivity index (χ4n) is 3.40. The largest absolute Gasteiger partial charge is 0.355 e. The number of amides is 1. The van der Waals surface area contributed by atoms with Gasteiger partial charge in [-0.05, 0) is 32.5 Å². The third-order valence-corrected chi connectivity index (χ3v) is 5.05. The molecule has 0 aliphatic carbocycles. The van der Waals surface area contributed by atoms with Crippen molar-refractivity contribution in [3.8, 4) is 0 Å². The highest BCUT2D eigenvalue weighted by Crippen LogP contribution is 2.24. The van der Waals surface area contributed by atoms with Gasteiger partial charge in [-0.2, -0.15) is 0 Å². The molecule has 3 rings (SSSR count). The molecule has 2 saturated heterocycles. The van der Waals surface area contributed by atoms with Gasteiger partial charge in [-0.25, -0.2) is 15.2 Å². The van der Waals surface area contributed by atoms with Crippen molar-refractivity contribution in [3.05, 3.63) is 35.6 Å². The molecule has 25 heavy (non-hydrogen) atoms. The Morgan fingerprint density at radius 3 is 2.76 bits per heavy atom. The standard InChI is InChI=1S/C18H28FN5O/c1-23-9-11-24(12-10-23)8-4-7-20-18(25)17-13-16(21-22-17)14-5-2-3-6-15(14)19/h2-3,5-6,16-17,21-22H,4,7-13H2,1H3,(H,20,25). The minimum absolute atomic E-state index is 0.0234. The minimum atomic E-state index is -0.326. The van der Waals surface area contributed by atoms with Crippen molar-refractivity contribution in [2.75, 3.05) is 46.3 Å².